The van der Waals surface area contributed by atoms with Crippen LogP contribution < -0.4 is 10.2 Å². The molecular formula is C16H14FeN4O4. The van der Waals surface area contributed by atoms with E-state index in [2.05, 4.69) is 20.0 Å². The van der Waals surface area contributed by atoms with Gasteiger partial charge in [-0.05, 0) is 24.3 Å². The standard InChI is InChI=1S/2C8H8N2O2.Fe/c2*11-8(12)6-9-5-7-3-1-2-4-10-7;/h2*1-4,6H,5H2,(H,11,12);/q;;+2/p-2. The third kappa shape index (κ3) is 12.2. The third-order valence-corrected chi connectivity index (χ3v) is 2.35. The second-order valence-electron chi connectivity index (χ2n) is 4.22. The van der Waals surface area contributed by atoms with Gasteiger partial charge >= 0.3 is 17.1 Å². The Morgan fingerprint density at radius 2 is 1.24 bits per heavy atom. The molecule has 2 aromatic rings. The van der Waals surface area contributed by atoms with Crippen LogP contribution in [0.2, 0.25) is 0 Å². The van der Waals surface area contributed by atoms with Crippen LogP contribution >= 0.6 is 0 Å². The maximum absolute atomic E-state index is 9.91. The van der Waals surface area contributed by atoms with Gasteiger partial charge in [-0.15, -0.1) is 0 Å². The van der Waals surface area contributed by atoms with E-state index in [-0.39, 0.29) is 30.2 Å². The van der Waals surface area contributed by atoms with E-state index in [0.29, 0.717) is 0 Å². The molecule has 0 fully saturated rings. The van der Waals surface area contributed by atoms with E-state index in [4.69, 9.17) is 0 Å². The van der Waals surface area contributed by atoms with Crippen molar-refractivity contribution < 1.29 is 36.9 Å². The molecule has 0 aliphatic heterocycles. The number of carboxylic acids is 2. The summed E-state index contributed by atoms with van der Waals surface area (Å²) in [5.41, 5.74) is 1.46. The summed E-state index contributed by atoms with van der Waals surface area (Å²) in [6.45, 7) is 0.545. The first-order chi connectivity index (χ1) is 11.6. The predicted octanol–water partition coefficient (Wildman–Crippen LogP) is -1.20. The van der Waals surface area contributed by atoms with E-state index in [1.165, 1.54) is 0 Å². The largest absolute Gasteiger partial charge is 2.00 e. The Hall–Kier alpha value is -2.90. The molecule has 0 saturated heterocycles. The molecule has 0 atom stereocenters. The Balaban J connectivity index is 0.000000443. The second-order valence-corrected chi connectivity index (χ2v) is 4.22. The van der Waals surface area contributed by atoms with Crippen molar-refractivity contribution in [2.75, 3.05) is 0 Å². The number of aromatic nitrogens is 2. The summed E-state index contributed by atoms with van der Waals surface area (Å²) in [5, 5.41) is 19.8. The summed E-state index contributed by atoms with van der Waals surface area (Å²) in [6, 6.07) is 10.7. The molecule has 0 radical (unpaired) electrons. The smallest absolute Gasteiger partial charge is 0.544 e. The number of carbonyl (C=O) groups is 2. The van der Waals surface area contributed by atoms with Crippen molar-refractivity contribution in [3.8, 4) is 0 Å². The minimum Gasteiger partial charge on any atom is -0.544 e. The van der Waals surface area contributed by atoms with Gasteiger partial charge in [-0.25, -0.2) is 0 Å². The van der Waals surface area contributed by atoms with Gasteiger partial charge in [0.1, 0.15) is 0 Å². The molecule has 25 heavy (non-hydrogen) atoms. The minimum atomic E-state index is -1.29. The zero-order valence-electron chi connectivity index (χ0n) is 13.0. The van der Waals surface area contributed by atoms with Crippen molar-refractivity contribution in [2.45, 2.75) is 13.1 Å². The molecule has 0 aliphatic carbocycles. The Bertz CT molecular complexity index is 632. The summed E-state index contributed by atoms with van der Waals surface area (Å²) in [7, 11) is 0. The summed E-state index contributed by atoms with van der Waals surface area (Å²) >= 11 is 0. The SMILES string of the molecule is O=C([O-])C=NCc1ccccn1.O=C([O-])C=NCc1ccccn1.[Fe+2]. The number of aliphatic carboxylic acids is 2. The van der Waals surface area contributed by atoms with Gasteiger partial charge in [-0.1, -0.05) is 12.1 Å². The van der Waals surface area contributed by atoms with Crippen LogP contribution in [-0.4, -0.2) is 34.3 Å². The summed E-state index contributed by atoms with van der Waals surface area (Å²) < 4.78 is 0. The molecule has 2 heterocycles. The summed E-state index contributed by atoms with van der Waals surface area (Å²) in [4.78, 5) is 34.9. The fourth-order valence-corrected chi connectivity index (χ4v) is 1.41. The predicted molar refractivity (Wildman–Crippen MR) is 82.9 cm³/mol. The molecule has 0 unspecified atom stereocenters. The number of nitrogens with zero attached hydrogens (tertiary/aromatic N) is 4. The molecule has 2 rings (SSSR count). The van der Waals surface area contributed by atoms with Gasteiger partial charge in [0.15, 0.2) is 0 Å². The quantitative estimate of drug-likeness (QED) is 0.456. The Kier molecular flexibility index (Phi) is 12.0. The molecule has 0 spiro atoms. The van der Waals surface area contributed by atoms with E-state index < -0.39 is 11.9 Å². The first kappa shape index (κ1) is 22.1. The number of carbonyl (C=O) groups excluding carboxylic acids is 2. The summed E-state index contributed by atoms with van der Waals surface area (Å²) in [5.74, 6) is -2.57. The molecule has 0 N–H and O–H groups in total. The average Bonchev–Trinajstić information content (AvgIpc) is 2.57. The molecule has 2 aromatic heterocycles. The average molecular weight is 382 g/mol. The molecule has 0 aliphatic rings. The van der Waals surface area contributed by atoms with Gasteiger partial charge in [0, 0.05) is 24.8 Å². The van der Waals surface area contributed by atoms with Crippen molar-refractivity contribution >= 4 is 24.4 Å². The van der Waals surface area contributed by atoms with Crippen LogP contribution in [0.1, 0.15) is 11.4 Å². The Labute approximate surface area is 154 Å². The minimum absolute atomic E-state index is 0. The zero-order chi connectivity index (χ0) is 17.6. The molecule has 0 aromatic carbocycles. The molecular weight excluding hydrogens is 368 g/mol. The Morgan fingerprint density at radius 1 is 0.840 bits per heavy atom. The topological polar surface area (TPSA) is 131 Å². The van der Waals surface area contributed by atoms with Gasteiger partial charge in [0.25, 0.3) is 0 Å². The first-order valence-electron chi connectivity index (χ1n) is 6.79. The summed E-state index contributed by atoms with van der Waals surface area (Å²) in [6.07, 6.45) is 4.77. The van der Waals surface area contributed by atoms with Crippen LogP contribution in [0.25, 0.3) is 0 Å². The maximum Gasteiger partial charge on any atom is 2.00 e. The van der Waals surface area contributed by atoms with E-state index >= 15 is 0 Å². The maximum atomic E-state index is 9.91. The van der Waals surface area contributed by atoms with E-state index in [9.17, 15) is 19.8 Å². The monoisotopic (exact) mass is 382 g/mol. The van der Waals surface area contributed by atoms with E-state index in [0.717, 1.165) is 23.8 Å². The first-order valence-corrected chi connectivity index (χ1v) is 6.79. The van der Waals surface area contributed by atoms with Crippen molar-refractivity contribution in [1.29, 1.82) is 0 Å². The van der Waals surface area contributed by atoms with Crippen LogP contribution in [0.5, 0.6) is 0 Å². The van der Waals surface area contributed by atoms with Crippen LogP contribution in [0.15, 0.2) is 58.8 Å². The fourth-order valence-electron chi connectivity index (χ4n) is 1.41. The van der Waals surface area contributed by atoms with Crippen molar-refractivity contribution in [3.63, 3.8) is 0 Å². The molecule has 8 nitrogen and oxygen atoms in total. The number of pyridine rings is 2. The zero-order valence-corrected chi connectivity index (χ0v) is 14.1. The number of hydrogen-bond donors (Lipinski definition) is 0. The van der Waals surface area contributed by atoms with Gasteiger partial charge in [-0.3, -0.25) is 20.0 Å². The molecule has 9 heteroatoms. The van der Waals surface area contributed by atoms with Gasteiger partial charge in [0.05, 0.1) is 36.4 Å². The van der Waals surface area contributed by atoms with Crippen LogP contribution in [0, 0.1) is 0 Å². The number of rotatable bonds is 6. The molecule has 0 saturated carbocycles. The second kappa shape index (κ2) is 13.5. The van der Waals surface area contributed by atoms with Crippen LogP contribution in [0.4, 0.5) is 0 Å². The van der Waals surface area contributed by atoms with Crippen LogP contribution in [0.3, 0.4) is 0 Å². The molecule has 0 amide bonds. The van der Waals surface area contributed by atoms with Crippen molar-refractivity contribution in [2.24, 2.45) is 9.98 Å². The number of hydrogen-bond acceptors (Lipinski definition) is 8. The van der Waals surface area contributed by atoms with E-state index in [1.807, 2.05) is 12.1 Å². The number of carboxylic acid groups (broad SMARTS) is 2. The van der Waals surface area contributed by atoms with Gasteiger partial charge < -0.3 is 19.8 Å². The van der Waals surface area contributed by atoms with Crippen molar-refractivity contribution in [3.05, 3.63) is 60.2 Å². The molecule has 130 valence electrons. The van der Waals surface area contributed by atoms with Crippen LogP contribution in [-0.2, 0) is 39.7 Å². The molecule has 0 bridgehead atoms. The van der Waals surface area contributed by atoms with Crippen molar-refractivity contribution in [1.82, 2.24) is 9.97 Å². The van der Waals surface area contributed by atoms with Gasteiger partial charge in [-0.2, -0.15) is 0 Å². The van der Waals surface area contributed by atoms with E-state index in [1.54, 1.807) is 36.7 Å². The Morgan fingerprint density at radius 3 is 1.52 bits per heavy atom. The fraction of sp³-hybridized carbons (Fsp3) is 0.125. The third-order valence-electron chi connectivity index (χ3n) is 2.35. The normalized spacial score (nSPS) is 9.92. The number of aliphatic imine (C=N–C) groups is 2. The van der Waals surface area contributed by atoms with Gasteiger partial charge in [0.2, 0.25) is 0 Å².